The van der Waals surface area contributed by atoms with E-state index in [-0.39, 0.29) is 22.6 Å². The summed E-state index contributed by atoms with van der Waals surface area (Å²) in [6.45, 7) is 11.2. The number of rotatable bonds is 3. The Morgan fingerprint density at radius 2 is 1.22 bits per heavy atom. The fourth-order valence-electron chi connectivity index (χ4n) is 8.36. The average Bonchev–Trinajstić information content (AvgIpc) is 3.63. The Balaban J connectivity index is 1.33. The minimum absolute atomic E-state index is 0.204. The van der Waals surface area contributed by atoms with Crippen molar-refractivity contribution >= 4 is 66.9 Å². The molecule has 0 spiro atoms. The van der Waals surface area contributed by atoms with Gasteiger partial charge in [0, 0.05) is 32.2 Å². The Morgan fingerprint density at radius 1 is 0.640 bits per heavy atom. The number of ketones is 2. The normalized spacial score (nSPS) is 14.7. The van der Waals surface area contributed by atoms with Gasteiger partial charge in [-0.2, -0.15) is 0 Å². The zero-order chi connectivity index (χ0) is 34.5. The highest BCUT2D eigenvalue weighted by molar-refractivity contribution is 7.17. The number of aryl methyl sites for hydroxylation is 3. The maximum absolute atomic E-state index is 13.5. The second-order valence-corrected chi connectivity index (χ2v) is 15.3. The van der Waals surface area contributed by atoms with Gasteiger partial charge >= 0.3 is 0 Å². The second-order valence-electron chi connectivity index (χ2n) is 14.3. The predicted octanol–water partition coefficient (Wildman–Crippen LogP) is 12.2. The largest absolute Gasteiger partial charge is 0.300 e. The lowest BCUT2D eigenvalue weighted by atomic mass is 9.74. The van der Waals surface area contributed by atoms with Crippen LogP contribution in [0.5, 0.6) is 0 Å². The molecule has 242 valence electrons. The molecule has 2 heterocycles. The molecule has 0 amide bonds. The van der Waals surface area contributed by atoms with Crippen LogP contribution in [0.4, 0.5) is 16.4 Å². The van der Waals surface area contributed by atoms with Crippen LogP contribution in [-0.2, 0) is 5.41 Å². The Labute approximate surface area is 296 Å². The van der Waals surface area contributed by atoms with E-state index in [0.29, 0.717) is 11.1 Å². The zero-order valence-corrected chi connectivity index (χ0v) is 29.5. The number of hydrogen-bond acceptors (Lipinski definition) is 4. The molecule has 50 heavy (non-hydrogen) atoms. The standard InChI is InChI=1S/C46H35NO2S/c1-26-20-27(2)41(28(3)21-26)31-18-19-40-38(23-31)46(4,5)39-25-32(24-37-43(48)35-16-10-11-17-36(35)44(37)49)50-45(39)47(40)42-33-14-8-6-12-29(33)22-30-13-7-9-15-34(30)42/h6-25H,1-5H3. The van der Waals surface area contributed by atoms with Gasteiger partial charge in [0.1, 0.15) is 5.00 Å². The van der Waals surface area contributed by atoms with Crippen LogP contribution in [0.25, 0.3) is 38.7 Å². The van der Waals surface area contributed by atoms with Gasteiger partial charge in [-0.3, -0.25) is 9.59 Å². The van der Waals surface area contributed by atoms with E-state index in [0.717, 1.165) is 21.3 Å². The molecular weight excluding hydrogens is 631 g/mol. The lowest BCUT2D eigenvalue weighted by Crippen LogP contribution is -2.29. The van der Waals surface area contributed by atoms with Crippen molar-refractivity contribution in [1.82, 2.24) is 0 Å². The van der Waals surface area contributed by atoms with Crippen molar-refractivity contribution in [2.24, 2.45) is 0 Å². The monoisotopic (exact) mass is 665 g/mol. The van der Waals surface area contributed by atoms with E-state index < -0.39 is 0 Å². The molecule has 7 aromatic rings. The van der Waals surface area contributed by atoms with Crippen LogP contribution in [0, 0.1) is 20.8 Å². The quantitative estimate of drug-likeness (QED) is 0.107. The van der Waals surface area contributed by atoms with E-state index in [1.165, 1.54) is 60.5 Å². The van der Waals surface area contributed by atoms with E-state index in [1.54, 1.807) is 23.5 Å². The molecule has 0 N–H and O–H groups in total. The summed E-state index contributed by atoms with van der Waals surface area (Å²) in [5, 5.41) is 5.79. The van der Waals surface area contributed by atoms with E-state index in [9.17, 15) is 9.59 Å². The van der Waals surface area contributed by atoms with Crippen molar-refractivity contribution in [3.63, 3.8) is 0 Å². The van der Waals surface area contributed by atoms with Gasteiger partial charge in [0.25, 0.3) is 0 Å². The van der Waals surface area contributed by atoms with Crippen molar-refractivity contribution in [2.45, 2.75) is 40.0 Å². The number of benzene rings is 6. The SMILES string of the molecule is Cc1cc(C)c(-c2ccc3c(c2)C(C)(C)c2cc(C=C4C(=O)c5ccccc5C4=O)sc2N3c2c3ccccc3cc3ccccc23)c(C)c1. The smallest absolute Gasteiger partial charge is 0.197 e. The summed E-state index contributed by atoms with van der Waals surface area (Å²) in [6.07, 6.45) is 1.82. The molecule has 4 heteroatoms. The van der Waals surface area contributed by atoms with Crippen LogP contribution in [0.3, 0.4) is 0 Å². The molecular formula is C46H35NO2S. The van der Waals surface area contributed by atoms with Gasteiger partial charge in [0.05, 0.1) is 16.9 Å². The number of fused-ring (bicyclic) bond motifs is 5. The molecule has 1 aliphatic heterocycles. The third-order valence-corrected chi connectivity index (χ3v) is 11.7. The van der Waals surface area contributed by atoms with Gasteiger partial charge in [-0.15, -0.1) is 11.3 Å². The molecule has 1 aliphatic carbocycles. The first-order valence-electron chi connectivity index (χ1n) is 17.1. The first-order chi connectivity index (χ1) is 24.1. The summed E-state index contributed by atoms with van der Waals surface area (Å²) in [5.41, 5.74) is 11.8. The number of anilines is 3. The number of nitrogens with zero attached hydrogens (tertiary/aromatic N) is 1. The van der Waals surface area contributed by atoms with Crippen LogP contribution in [0.2, 0.25) is 0 Å². The Morgan fingerprint density at radius 3 is 1.84 bits per heavy atom. The van der Waals surface area contributed by atoms with Crippen molar-refractivity contribution in [1.29, 1.82) is 0 Å². The molecule has 3 nitrogen and oxygen atoms in total. The highest BCUT2D eigenvalue weighted by Gasteiger charge is 2.40. The van der Waals surface area contributed by atoms with E-state index in [2.05, 4.69) is 131 Å². The Kier molecular flexibility index (Phi) is 6.68. The number of allylic oxidation sites excluding steroid dienone is 1. The van der Waals surface area contributed by atoms with Crippen LogP contribution in [0.15, 0.2) is 121 Å². The van der Waals surface area contributed by atoms with Crippen LogP contribution in [0.1, 0.15) is 67.3 Å². The van der Waals surface area contributed by atoms with Gasteiger partial charge < -0.3 is 4.90 Å². The molecule has 2 aliphatic rings. The summed E-state index contributed by atoms with van der Waals surface area (Å²) in [4.78, 5) is 30.3. The van der Waals surface area contributed by atoms with Gasteiger partial charge in [0.15, 0.2) is 11.6 Å². The van der Waals surface area contributed by atoms with Gasteiger partial charge in [-0.25, -0.2) is 0 Å². The summed E-state index contributed by atoms with van der Waals surface area (Å²) in [5.74, 6) is -0.408. The number of carbonyl (C=O) groups is 2. The summed E-state index contributed by atoms with van der Waals surface area (Å²) >= 11 is 1.64. The van der Waals surface area contributed by atoms with Crippen LogP contribution >= 0.6 is 11.3 Å². The summed E-state index contributed by atoms with van der Waals surface area (Å²) < 4.78 is 0. The van der Waals surface area contributed by atoms with E-state index >= 15 is 0 Å². The summed E-state index contributed by atoms with van der Waals surface area (Å²) in [7, 11) is 0. The Hall–Kier alpha value is -5.58. The van der Waals surface area contributed by atoms with Gasteiger partial charge in [-0.1, -0.05) is 110 Å². The predicted molar refractivity (Wildman–Crippen MR) is 209 cm³/mol. The first kappa shape index (κ1) is 30.5. The van der Waals surface area contributed by atoms with Crippen molar-refractivity contribution in [3.8, 4) is 11.1 Å². The zero-order valence-electron chi connectivity index (χ0n) is 28.7. The molecule has 0 fully saturated rings. The van der Waals surface area contributed by atoms with Crippen molar-refractivity contribution < 1.29 is 9.59 Å². The highest BCUT2D eigenvalue weighted by Crippen LogP contribution is 2.58. The minimum Gasteiger partial charge on any atom is -0.300 e. The van der Waals surface area contributed by atoms with Gasteiger partial charge in [0.2, 0.25) is 0 Å². The number of hydrogen-bond donors (Lipinski definition) is 0. The summed E-state index contributed by atoms with van der Waals surface area (Å²) in [6, 6.07) is 40.3. The molecule has 6 aromatic carbocycles. The van der Waals surface area contributed by atoms with Crippen LogP contribution in [-0.4, -0.2) is 11.6 Å². The molecule has 0 radical (unpaired) electrons. The van der Waals surface area contributed by atoms with Crippen LogP contribution < -0.4 is 4.90 Å². The second kappa shape index (κ2) is 11.0. The van der Waals surface area contributed by atoms with Gasteiger partial charge in [-0.05, 0) is 95.3 Å². The third-order valence-electron chi connectivity index (χ3n) is 10.6. The highest BCUT2D eigenvalue weighted by atomic mass is 32.1. The lowest BCUT2D eigenvalue weighted by molar-refractivity contribution is 0.0990. The molecule has 0 unspecified atom stereocenters. The number of Topliss-reactive ketones (excluding diaryl/α,β-unsaturated/α-hetero) is 2. The number of thiophene rings is 1. The topological polar surface area (TPSA) is 37.4 Å². The Bertz CT molecular complexity index is 2540. The number of carbonyl (C=O) groups excluding carboxylic acids is 2. The lowest BCUT2D eigenvalue weighted by Gasteiger charge is -2.41. The maximum atomic E-state index is 13.5. The van der Waals surface area contributed by atoms with Crippen molar-refractivity contribution in [2.75, 3.05) is 4.90 Å². The van der Waals surface area contributed by atoms with Crippen molar-refractivity contribution in [3.05, 3.63) is 165 Å². The molecule has 0 saturated carbocycles. The average molecular weight is 666 g/mol. The third kappa shape index (κ3) is 4.41. The maximum Gasteiger partial charge on any atom is 0.197 e. The molecule has 0 atom stereocenters. The molecule has 0 saturated heterocycles. The minimum atomic E-state index is -0.371. The molecule has 1 aromatic heterocycles. The molecule has 9 rings (SSSR count). The van der Waals surface area contributed by atoms with E-state index in [1.807, 2.05) is 18.2 Å². The first-order valence-corrected chi connectivity index (χ1v) is 17.9. The van der Waals surface area contributed by atoms with E-state index in [4.69, 9.17) is 0 Å². The fraction of sp³-hybridized carbons (Fsp3) is 0.130. The fourth-order valence-corrected chi connectivity index (χ4v) is 9.64. The molecule has 0 bridgehead atoms.